The maximum atomic E-state index is 12.7. The fourth-order valence-electron chi connectivity index (χ4n) is 4.40. The zero-order valence-electron chi connectivity index (χ0n) is 15.2. The largest absolute Gasteiger partial charge is 0.364 e. The van der Waals surface area contributed by atoms with E-state index in [-0.39, 0.29) is 16.9 Å². The summed E-state index contributed by atoms with van der Waals surface area (Å²) in [6, 6.07) is 5.30. The number of rotatable bonds is 2. The first-order chi connectivity index (χ1) is 13.7. The fourth-order valence-corrected chi connectivity index (χ4v) is 4.40. The van der Waals surface area contributed by atoms with Gasteiger partial charge in [-0.3, -0.25) is 14.6 Å². The number of likely N-dealkylation sites (tertiary alicyclic amines) is 1. The molecule has 28 heavy (non-hydrogen) atoms. The maximum absolute atomic E-state index is 12.7. The van der Waals surface area contributed by atoms with E-state index in [1.807, 2.05) is 12.1 Å². The first-order valence-electron chi connectivity index (χ1n) is 9.40. The topological polar surface area (TPSA) is 105 Å². The van der Waals surface area contributed by atoms with E-state index in [1.165, 1.54) is 6.26 Å². The smallest absolute Gasteiger partial charge is 0.276 e. The summed E-state index contributed by atoms with van der Waals surface area (Å²) in [5.41, 5.74) is 2.58. The van der Waals surface area contributed by atoms with Gasteiger partial charge >= 0.3 is 0 Å². The molecule has 0 atom stereocenters. The van der Waals surface area contributed by atoms with Crippen LogP contribution in [-0.2, 0) is 11.8 Å². The van der Waals surface area contributed by atoms with E-state index < -0.39 is 0 Å². The number of amides is 1. The summed E-state index contributed by atoms with van der Waals surface area (Å²) in [5, 5.41) is 3.74. The van der Waals surface area contributed by atoms with Crippen LogP contribution in [0.1, 0.15) is 41.0 Å². The molecule has 0 bridgehead atoms. The Hall–Kier alpha value is -3.29. The van der Waals surface area contributed by atoms with Gasteiger partial charge in [-0.1, -0.05) is 5.16 Å². The molecule has 4 heterocycles. The van der Waals surface area contributed by atoms with Crippen LogP contribution in [0.2, 0.25) is 0 Å². The van der Waals surface area contributed by atoms with Gasteiger partial charge in [0.25, 0.3) is 11.5 Å². The Labute approximate surface area is 160 Å². The average molecular weight is 377 g/mol. The van der Waals surface area contributed by atoms with E-state index >= 15 is 0 Å². The molecule has 142 valence electrons. The lowest BCUT2D eigenvalue weighted by Crippen LogP contribution is -2.45. The van der Waals surface area contributed by atoms with Crippen LogP contribution in [0, 0.1) is 0 Å². The van der Waals surface area contributed by atoms with Gasteiger partial charge < -0.3 is 14.4 Å². The number of aromatic nitrogens is 4. The summed E-state index contributed by atoms with van der Waals surface area (Å²) in [4.78, 5) is 38.9. The first kappa shape index (κ1) is 16.9. The SMILES string of the molecule is O=C(c1ccon1)N1CCC2(CCc3c2nc(-c2cccnc2)[nH]c3=O)CC1. The molecule has 8 heteroatoms. The van der Waals surface area contributed by atoms with Crippen molar-refractivity contribution in [3.8, 4) is 11.4 Å². The molecule has 1 spiro atoms. The molecule has 1 aliphatic heterocycles. The Balaban J connectivity index is 1.44. The van der Waals surface area contributed by atoms with Crippen molar-refractivity contribution in [2.45, 2.75) is 31.1 Å². The molecule has 1 aliphatic carbocycles. The monoisotopic (exact) mass is 377 g/mol. The molecule has 0 saturated carbocycles. The molecule has 1 amide bonds. The van der Waals surface area contributed by atoms with Crippen LogP contribution in [0.25, 0.3) is 11.4 Å². The highest BCUT2D eigenvalue weighted by molar-refractivity contribution is 5.92. The summed E-state index contributed by atoms with van der Waals surface area (Å²) in [6.45, 7) is 1.23. The minimum atomic E-state index is -0.152. The quantitative estimate of drug-likeness (QED) is 0.732. The summed E-state index contributed by atoms with van der Waals surface area (Å²) in [6.07, 6.45) is 7.98. The molecule has 5 rings (SSSR count). The lowest BCUT2D eigenvalue weighted by atomic mass is 9.76. The highest BCUT2D eigenvalue weighted by Gasteiger charge is 2.44. The Morgan fingerprint density at radius 3 is 2.79 bits per heavy atom. The highest BCUT2D eigenvalue weighted by Crippen LogP contribution is 2.44. The van der Waals surface area contributed by atoms with Gasteiger partial charge in [-0.2, -0.15) is 0 Å². The summed E-state index contributed by atoms with van der Waals surface area (Å²) >= 11 is 0. The van der Waals surface area contributed by atoms with Gasteiger partial charge in [0, 0.05) is 48.1 Å². The van der Waals surface area contributed by atoms with Gasteiger partial charge in [-0.15, -0.1) is 0 Å². The number of pyridine rings is 1. The van der Waals surface area contributed by atoms with Gasteiger partial charge in [0.2, 0.25) is 0 Å². The van der Waals surface area contributed by atoms with E-state index in [0.717, 1.165) is 42.5 Å². The second-order valence-corrected chi connectivity index (χ2v) is 7.44. The summed E-state index contributed by atoms with van der Waals surface area (Å²) < 4.78 is 4.78. The van der Waals surface area contributed by atoms with Crippen molar-refractivity contribution in [3.05, 3.63) is 64.2 Å². The fraction of sp³-hybridized carbons (Fsp3) is 0.350. The van der Waals surface area contributed by atoms with Crippen molar-refractivity contribution in [2.75, 3.05) is 13.1 Å². The van der Waals surface area contributed by atoms with Crippen molar-refractivity contribution in [1.29, 1.82) is 0 Å². The van der Waals surface area contributed by atoms with E-state index in [4.69, 9.17) is 9.51 Å². The van der Waals surface area contributed by atoms with Crippen LogP contribution in [0.3, 0.4) is 0 Å². The minimum Gasteiger partial charge on any atom is -0.364 e. The summed E-state index contributed by atoms with van der Waals surface area (Å²) in [7, 11) is 0. The Bertz CT molecular complexity index is 1070. The molecule has 0 aromatic carbocycles. The molecule has 0 radical (unpaired) electrons. The minimum absolute atomic E-state index is 0.0677. The number of fused-ring (bicyclic) bond motifs is 2. The van der Waals surface area contributed by atoms with Crippen molar-refractivity contribution in [3.63, 3.8) is 0 Å². The Morgan fingerprint density at radius 1 is 1.21 bits per heavy atom. The first-order valence-corrected chi connectivity index (χ1v) is 9.40. The van der Waals surface area contributed by atoms with Crippen LogP contribution in [-0.4, -0.2) is 44.0 Å². The predicted molar refractivity (Wildman–Crippen MR) is 99.7 cm³/mol. The zero-order valence-corrected chi connectivity index (χ0v) is 15.2. The van der Waals surface area contributed by atoms with E-state index in [9.17, 15) is 9.59 Å². The second kappa shape index (κ2) is 6.40. The third-order valence-corrected chi connectivity index (χ3v) is 5.97. The molecule has 0 unspecified atom stereocenters. The van der Waals surface area contributed by atoms with E-state index in [0.29, 0.717) is 24.6 Å². The molecule has 1 fully saturated rings. The molecule has 2 aliphatic rings. The number of hydrogen-bond donors (Lipinski definition) is 1. The maximum Gasteiger partial charge on any atom is 0.276 e. The Morgan fingerprint density at radius 2 is 2.07 bits per heavy atom. The van der Waals surface area contributed by atoms with Crippen molar-refractivity contribution in [2.24, 2.45) is 0 Å². The van der Waals surface area contributed by atoms with Crippen molar-refractivity contribution in [1.82, 2.24) is 25.0 Å². The van der Waals surface area contributed by atoms with Gasteiger partial charge in [-0.25, -0.2) is 4.98 Å². The molecule has 1 saturated heterocycles. The third-order valence-electron chi connectivity index (χ3n) is 5.97. The normalized spacial score (nSPS) is 17.6. The number of carbonyl (C=O) groups is 1. The van der Waals surface area contributed by atoms with Crippen molar-refractivity contribution >= 4 is 5.91 Å². The Kier molecular flexibility index (Phi) is 3.85. The van der Waals surface area contributed by atoms with Gasteiger partial charge in [-0.05, 0) is 37.8 Å². The highest BCUT2D eigenvalue weighted by atomic mass is 16.5. The number of carbonyl (C=O) groups excluding carboxylic acids is 1. The number of nitrogens with one attached hydrogen (secondary N) is 1. The molecule has 3 aromatic rings. The summed E-state index contributed by atoms with van der Waals surface area (Å²) in [5.74, 6) is 0.441. The van der Waals surface area contributed by atoms with Crippen LogP contribution in [0.4, 0.5) is 0 Å². The van der Waals surface area contributed by atoms with Crippen LogP contribution in [0.5, 0.6) is 0 Å². The average Bonchev–Trinajstić information content (AvgIpc) is 3.38. The standard InChI is InChI=1S/C20H19N5O3/c26-18-14-3-5-20(16(14)22-17(23-18)13-2-1-8-21-12-13)6-9-25(10-7-20)19(27)15-4-11-28-24-15/h1-2,4,8,11-12H,3,5-7,9-10H2,(H,22,23,26). The van der Waals surface area contributed by atoms with Gasteiger partial charge in [0.05, 0.1) is 5.69 Å². The lowest BCUT2D eigenvalue weighted by Gasteiger charge is -2.39. The van der Waals surface area contributed by atoms with E-state index in [1.54, 1.807) is 23.4 Å². The van der Waals surface area contributed by atoms with Crippen LogP contribution in [0.15, 0.2) is 46.2 Å². The molecular weight excluding hydrogens is 358 g/mol. The van der Waals surface area contributed by atoms with Gasteiger partial charge in [0.15, 0.2) is 5.69 Å². The van der Waals surface area contributed by atoms with Crippen LogP contribution >= 0.6 is 0 Å². The van der Waals surface area contributed by atoms with Crippen molar-refractivity contribution < 1.29 is 9.32 Å². The zero-order chi connectivity index (χ0) is 19.1. The molecule has 1 N–H and O–H groups in total. The molecule has 8 nitrogen and oxygen atoms in total. The third kappa shape index (κ3) is 2.64. The molecular formula is C20H19N5O3. The lowest BCUT2D eigenvalue weighted by molar-refractivity contribution is 0.0653. The second-order valence-electron chi connectivity index (χ2n) is 7.44. The molecule has 3 aromatic heterocycles. The van der Waals surface area contributed by atoms with E-state index in [2.05, 4.69) is 15.1 Å². The number of H-pyrrole nitrogens is 1. The van der Waals surface area contributed by atoms with Crippen LogP contribution < -0.4 is 5.56 Å². The predicted octanol–water partition coefficient (Wildman–Crippen LogP) is 1.94. The number of piperidine rings is 1. The number of aromatic amines is 1. The number of hydrogen-bond acceptors (Lipinski definition) is 6. The van der Waals surface area contributed by atoms with Gasteiger partial charge in [0.1, 0.15) is 12.1 Å². The number of nitrogens with zero attached hydrogens (tertiary/aromatic N) is 4.